The van der Waals surface area contributed by atoms with Crippen LogP contribution in [0.15, 0.2) is 23.1 Å². The molecule has 4 nitrogen and oxygen atoms in total. The van der Waals surface area contributed by atoms with Crippen LogP contribution in [-0.2, 0) is 0 Å². The number of carbonyl (C=O) groups is 1. The van der Waals surface area contributed by atoms with Crippen molar-refractivity contribution < 1.29 is 9.90 Å². The lowest BCUT2D eigenvalue weighted by atomic mass is 10.0. The molecular weight excluding hydrogens is 272 g/mol. The Morgan fingerprint density at radius 3 is 2.95 bits per heavy atom. The van der Waals surface area contributed by atoms with Gasteiger partial charge in [0.25, 0.3) is 0 Å². The highest BCUT2D eigenvalue weighted by Crippen LogP contribution is 2.27. The topological polar surface area (TPSA) is 52.6 Å². The number of thioether (sulfide) groups is 1. The van der Waals surface area contributed by atoms with Crippen LogP contribution in [-0.4, -0.2) is 48.4 Å². The molecule has 1 saturated heterocycles. The van der Waals surface area contributed by atoms with E-state index in [0.29, 0.717) is 11.6 Å². The van der Waals surface area contributed by atoms with Crippen molar-refractivity contribution in [2.45, 2.75) is 30.2 Å². The van der Waals surface area contributed by atoms with Crippen molar-refractivity contribution in [1.29, 1.82) is 0 Å². The summed E-state index contributed by atoms with van der Waals surface area (Å²) in [5, 5.41) is 12.7. The van der Waals surface area contributed by atoms with Gasteiger partial charge in [0, 0.05) is 23.2 Å². The van der Waals surface area contributed by atoms with Crippen LogP contribution in [0.4, 0.5) is 5.69 Å². The number of nitrogens with zero attached hydrogens (tertiary/aromatic N) is 1. The highest BCUT2D eigenvalue weighted by molar-refractivity contribution is 7.98. The summed E-state index contributed by atoms with van der Waals surface area (Å²) < 4.78 is 0. The largest absolute Gasteiger partial charge is 0.478 e. The van der Waals surface area contributed by atoms with Gasteiger partial charge in [-0.15, -0.1) is 11.8 Å². The molecule has 5 heteroatoms. The van der Waals surface area contributed by atoms with E-state index in [4.69, 9.17) is 0 Å². The molecule has 0 amide bonds. The summed E-state index contributed by atoms with van der Waals surface area (Å²) in [5.74, 6) is -0.866. The minimum atomic E-state index is -0.866. The van der Waals surface area contributed by atoms with Crippen molar-refractivity contribution in [3.63, 3.8) is 0 Å². The lowest BCUT2D eigenvalue weighted by Crippen LogP contribution is -2.40. The Hall–Kier alpha value is -1.20. The van der Waals surface area contributed by atoms with Crippen molar-refractivity contribution in [1.82, 2.24) is 4.90 Å². The molecule has 0 bridgehead atoms. The van der Waals surface area contributed by atoms with Crippen molar-refractivity contribution in [3.8, 4) is 0 Å². The molecule has 0 saturated carbocycles. The first-order chi connectivity index (χ1) is 9.63. The number of nitrogens with one attached hydrogen (secondary N) is 1. The molecule has 1 atom stereocenters. The van der Waals surface area contributed by atoms with Gasteiger partial charge in [-0.25, -0.2) is 4.79 Å². The van der Waals surface area contributed by atoms with Gasteiger partial charge in [0.2, 0.25) is 0 Å². The van der Waals surface area contributed by atoms with Crippen molar-refractivity contribution in [2.75, 3.05) is 31.7 Å². The number of piperidine rings is 1. The summed E-state index contributed by atoms with van der Waals surface area (Å²) in [6, 6.07) is 6.10. The Kier molecular flexibility index (Phi) is 5.31. The first-order valence-corrected chi connectivity index (χ1v) is 8.20. The molecule has 0 radical (unpaired) electrons. The molecule has 1 unspecified atom stereocenters. The molecule has 1 aromatic carbocycles. The van der Waals surface area contributed by atoms with Crippen LogP contribution in [0.5, 0.6) is 0 Å². The average Bonchev–Trinajstić information content (AvgIpc) is 2.45. The van der Waals surface area contributed by atoms with Gasteiger partial charge >= 0.3 is 5.97 Å². The molecule has 1 fully saturated rings. The van der Waals surface area contributed by atoms with E-state index >= 15 is 0 Å². The molecule has 1 aromatic rings. The third kappa shape index (κ3) is 3.46. The summed E-state index contributed by atoms with van der Waals surface area (Å²) in [4.78, 5) is 14.6. The number of rotatable bonds is 5. The van der Waals surface area contributed by atoms with Gasteiger partial charge < -0.3 is 15.3 Å². The van der Waals surface area contributed by atoms with Crippen LogP contribution in [0.1, 0.15) is 29.6 Å². The van der Waals surface area contributed by atoms with E-state index in [1.807, 2.05) is 24.5 Å². The molecule has 2 N–H and O–H groups in total. The predicted molar refractivity (Wildman–Crippen MR) is 83.9 cm³/mol. The monoisotopic (exact) mass is 294 g/mol. The Labute approximate surface area is 124 Å². The first kappa shape index (κ1) is 15.2. The van der Waals surface area contributed by atoms with Gasteiger partial charge in [-0.2, -0.15) is 0 Å². The third-order valence-corrected chi connectivity index (χ3v) is 4.69. The van der Waals surface area contributed by atoms with Gasteiger partial charge in [-0.05, 0) is 44.8 Å². The van der Waals surface area contributed by atoms with E-state index in [1.165, 1.54) is 31.0 Å². The Balaban J connectivity index is 2.10. The molecule has 2 rings (SSSR count). The third-order valence-electron chi connectivity index (χ3n) is 3.91. The summed E-state index contributed by atoms with van der Waals surface area (Å²) in [6.45, 7) is 1.93. The fraction of sp³-hybridized carbons (Fsp3) is 0.533. The van der Waals surface area contributed by atoms with Crippen LogP contribution in [0.25, 0.3) is 0 Å². The molecule has 110 valence electrons. The number of benzene rings is 1. The van der Waals surface area contributed by atoms with E-state index in [0.717, 1.165) is 23.7 Å². The van der Waals surface area contributed by atoms with Gasteiger partial charge in [0.05, 0.1) is 5.56 Å². The van der Waals surface area contributed by atoms with Crippen LogP contribution >= 0.6 is 11.8 Å². The highest BCUT2D eigenvalue weighted by atomic mass is 32.2. The summed E-state index contributed by atoms with van der Waals surface area (Å²) >= 11 is 1.47. The molecular formula is C15H22N2O2S. The minimum Gasteiger partial charge on any atom is -0.478 e. The average molecular weight is 294 g/mol. The van der Waals surface area contributed by atoms with E-state index in [9.17, 15) is 9.90 Å². The predicted octanol–water partition coefficient (Wildman–Crippen LogP) is 3.00. The van der Waals surface area contributed by atoms with E-state index in [-0.39, 0.29) is 0 Å². The number of carboxylic acid groups (broad SMARTS) is 1. The van der Waals surface area contributed by atoms with Crippen molar-refractivity contribution in [3.05, 3.63) is 23.8 Å². The van der Waals surface area contributed by atoms with Gasteiger partial charge in [0.1, 0.15) is 0 Å². The van der Waals surface area contributed by atoms with E-state index in [2.05, 4.69) is 17.3 Å². The standard InChI is InChI=1S/C15H22N2O2S/c1-17-9-4-3-6-11(17)10-16-12-7-5-8-13(20-2)14(12)15(18)19/h5,7-8,11,16H,3-4,6,9-10H2,1-2H3,(H,18,19). The summed E-state index contributed by atoms with van der Waals surface area (Å²) in [5.41, 5.74) is 1.11. The number of likely N-dealkylation sites (N-methyl/N-ethyl adjacent to an activating group) is 1. The summed E-state index contributed by atoms with van der Waals surface area (Å²) in [6.07, 6.45) is 5.59. The molecule has 20 heavy (non-hydrogen) atoms. The van der Waals surface area contributed by atoms with E-state index in [1.54, 1.807) is 0 Å². The maximum absolute atomic E-state index is 11.5. The zero-order valence-electron chi connectivity index (χ0n) is 12.1. The maximum Gasteiger partial charge on any atom is 0.338 e. The van der Waals surface area contributed by atoms with Crippen LogP contribution in [0.3, 0.4) is 0 Å². The number of likely N-dealkylation sites (tertiary alicyclic amines) is 1. The second kappa shape index (κ2) is 6.99. The normalized spacial score (nSPS) is 19.8. The van der Waals surface area contributed by atoms with E-state index < -0.39 is 5.97 Å². The molecule has 1 aliphatic heterocycles. The first-order valence-electron chi connectivity index (χ1n) is 6.98. The van der Waals surface area contributed by atoms with Gasteiger partial charge in [-0.1, -0.05) is 12.5 Å². The number of anilines is 1. The fourth-order valence-corrected chi connectivity index (χ4v) is 3.31. The van der Waals surface area contributed by atoms with Gasteiger partial charge in [-0.3, -0.25) is 0 Å². The SMILES string of the molecule is CSc1cccc(NCC2CCCCN2C)c1C(=O)O. The zero-order valence-corrected chi connectivity index (χ0v) is 12.9. The minimum absolute atomic E-state index is 0.387. The number of aromatic carboxylic acids is 1. The smallest absolute Gasteiger partial charge is 0.338 e. The molecule has 0 spiro atoms. The van der Waals surface area contributed by atoms with Gasteiger partial charge in [0.15, 0.2) is 0 Å². The summed E-state index contributed by atoms with van der Waals surface area (Å²) in [7, 11) is 2.14. The van der Waals surface area contributed by atoms with Crippen molar-refractivity contribution >= 4 is 23.4 Å². The quantitative estimate of drug-likeness (QED) is 0.818. The molecule has 0 aliphatic carbocycles. The fourth-order valence-electron chi connectivity index (χ4n) is 2.70. The van der Waals surface area contributed by atoms with Crippen LogP contribution in [0, 0.1) is 0 Å². The van der Waals surface area contributed by atoms with Crippen LogP contribution in [0.2, 0.25) is 0 Å². The lowest BCUT2D eigenvalue weighted by Gasteiger charge is -2.33. The Bertz CT molecular complexity index is 479. The Morgan fingerprint density at radius 2 is 2.30 bits per heavy atom. The highest BCUT2D eigenvalue weighted by Gasteiger charge is 2.20. The number of hydrogen-bond acceptors (Lipinski definition) is 4. The number of hydrogen-bond donors (Lipinski definition) is 2. The molecule has 1 aliphatic rings. The maximum atomic E-state index is 11.5. The second-order valence-corrected chi connectivity index (χ2v) is 6.05. The number of carboxylic acids is 1. The Morgan fingerprint density at radius 1 is 1.50 bits per heavy atom. The lowest BCUT2D eigenvalue weighted by molar-refractivity contribution is 0.0694. The molecule has 0 aromatic heterocycles. The van der Waals surface area contributed by atoms with Crippen molar-refractivity contribution in [2.24, 2.45) is 0 Å². The zero-order chi connectivity index (χ0) is 14.5. The second-order valence-electron chi connectivity index (χ2n) is 5.20. The van der Waals surface area contributed by atoms with Crippen LogP contribution < -0.4 is 5.32 Å². The molecule has 1 heterocycles.